The number of nitrogens with one attached hydrogen (secondary N) is 1. The van der Waals surface area contributed by atoms with Crippen LogP contribution in [0.3, 0.4) is 0 Å². The van der Waals surface area contributed by atoms with Crippen molar-refractivity contribution in [2.75, 3.05) is 10.8 Å². The van der Waals surface area contributed by atoms with Gasteiger partial charge in [-0.05, 0) is 69.5 Å². The number of aryl methyl sites for hydroxylation is 2. The number of sulfonamides is 1. The molecule has 3 aromatic rings. The third kappa shape index (κ3) is 7.61. The summed E-state index contributed by atoms with van der Waals surface area (Å²) >= 11 is 6.36. The Bertz CT molecular complexity index is 1410. The highest BCUT2D eigenvalue weighted by Crippen LogP contribution is 2.28. The zero-order valence-electron chi connectivity index (χ0n) is 23.0. The smallest absolute Gasteiger partial charge is 0.264 e. The number of benzene rings is 3. The third-order valence-electron chi connectivity index (χ3n) is 6.66. The van der Waals surface area contributed by atoms with Gasteiger partial charge in [0.2, 0.25) is 11.8 Å². The lowest BCUT2D eigenvalue weighted by atomic mass is 10.1. The van der Waals surface area contributed by atoms with Crippen LogP contribution in [0.1, 0.15) is 43.9 Å². The normalized spacial score (nSPS) is 12.9. The van der Waals surface area contributed by atoms with Crippen LogP contribution in [0.5, 0.6) is 0 Å². The first kappa shape index (κ1) is 30.2. The molecule has 0 saturated carbocycles. The molecular weight excluding hydrogens is 534 g/mol. The number of anilines is 1. The maximum absolute atomic E-state index is 14.0. The van der Waals surface area contributed by atoms with Crippen LogP contribution in [0.15, 0.2) is 77.7 Å². The Kier molecular flexibility index (Phi) is 10.2. The second-order valence-electron chi connectivity index (χ2n) is 9.76. The van der Waals surface area contributed by atoms with Crippen molar-refractivity contribution in [2.45, 2.75) is 64.6 Å². The Balaban J connectivity index is 2.04. The van der Waals surface area contributed by atoms with E-state index in [2.05, 4.69) is 5.32 Å². The van der Waals surface area contributed by atoms with Gasteiger partial charge in [-0.25, -0.2) is 8.42 Å². The fraction of sp³-hybridized carbons (Fsp3) is 0.333. The minimum Gasteiger partial charge on any atom is -0.352 e. The molecule has 0 bridgehead atoms. The summed E-state index contributed by atoms with van der Waals surface area (Å²) in [5, 5.41) is 3.32. The second kappa shape index (κ2) is 13.1. The average Bonchev–Trinajstić information content (AvgIpc) is 2.91. The highest BCUT2D eigenvalue weighted by molar-refractivity contribution is 7.92. The van der Waals surface area contributed by atoms with E-state index in [1.807, 2.05) is 52.0 Å². The van der Waals surface area contributed by atoms with Gasteiger partial charge in [0.15, 0.2) is 0 Å². The van der Waals surface area contributed by atoms with Crippen LogP contribution < -0.4 is 9.62 Å². The van der Waals surface area contributed by atoms with E-state index >= 15 is 0 Å². The number of hydrogen-bond acceptors (Lipinski definition) is 4. The van der Waals surface area contributed by atoms with Gasteiger partial charge in [0, 0.05) is 17.6 Å². The third-order valence-corrected chi connectivity index (χ3v) is 8.85. The lowest BCUT2D eigenvalue weighted by molar-refractivity contribution is -0.139. The molecule has 2 atom stereocenters. The van der Waals surface area contributed by atoms with Crippen LogP contribution in [-0.2, 0) is 26.2 Å². The molecular formula is C30H36ClN3O4S. The van der Waals surface area contributed by atoms with E-state index < -0.39 is 28.5 Å². The van der Waals surface area contributed by atoms with Crippen molar-refractivity contribution in [3.63, 3.8) is 0 Å². The zero-order valence-corrected chi connectivity index (χ0v) is 24.6. The lowest BCUT2D eigenvalue weighted by Gasteiger charge is -2.32. The first-order chi connectivity index (χ1) is 18.4. The van der Waals surface area contributed by atoms with Gasteiger partial charge in [0.05, 0.1) is 10.6 Å². The molecule has 39 heavy (non-hydrogen) atoms. The van der Waals surface area contributed by atoms with Crippen LogP contribution >= 0.6 is 11.6 Å². The SMILES string of the molecule is CC[C@H](C)NC(=O)[C@H](C)N(Cc1cccc(C)c1)C(=O)CN(c1ccc(C)c(Cl)c1)S(=O)(=O)c1ccccc1. The van der Waals surface area contributed by atoms with Gasteiger partial charge >= 0.3 is 0 Å². The van der Waals surface area contributed by atoms with Crippen LogP contribution in [0.2, 0.25) is 5.02 Å². The number of halogens is 1. The van der Waals surface area contributed by atoms with Crippen LogP contribution in [-0.4, -0.2) is 43.8 Å². The molecule has 0 aromatic heterocycles. The summed E-state index contributed by atoms with van der Waals surface area (Å²) in [7, 11) is -4.13. The number of hydrogen-bond donors (Lipinski definition) is 1. The van der Waals surface area contributed by atoms with Gasteiger partial charge in [0.1, 0.15) is 12.6 Å². The molecule has 0 unspecified atom stereocenters. The molecule has 0 spiro atoms. The van der Waals surface area contributed by atoms with Crippen molar-refractivity contribution in [3.05, 3.63) is 94.5 Å². The van der Waals surface area contributed by atoms with Crippen molar-refractivity contribution in [2.24, 2.45) is 0 Å². The van der Waals surface area contributed by atoms with E-state index in [0.29, 0.717) is 5.02 Å². The van der Waals surface area contributed by atoms with Gasteiger partial charge in [-0.1, -0.05) is 72.6 Å². The van der Waals surface area contributed by atoms with Gasteiger partial charge < -0.3 is 10.2 Å². The molecule has 1 N–H and O–H groups in total. The van der Waals surface area contributed by atoms with E-state index in [-0.39, 0.29) is 29.1 Å². The lowest BCUT2D eigenvalue weighted by Crippen LogP contribution is -2.52. The number of amides is 2. The number of rotatable bonds is 11. The number of carbonyl (C=O) groups is 2. The van der Waals surface area contributed by atoms with Gasteiger partial charge in [-0.15, -0.1) is 0 Å². The maximum Gasteiger partial charge on any atom is 0.264 e. The molecule has 0 aliphatic heterocycles. The van der Waals surface area contributed by atoms with Crippen molar-refractivity contribution in [1.82, 2.24) is 10.2 Å². The summed E-state index contributed by atoms with van der Waals surface area (Å²) in [4.78, 5) is 28.5. The standard InChI is InChI=1S/C30H36ClN3O4S/c1-6-23(4)32-30(36)24(5)33(19-25-12-10-11-21(2)17-25)29(35)20-34(26-16-15-22(3)28(31)18-26)39(37,38)27-13-8-7-9-14-27/h7-18,23-24H,6,19-20H2,1-5H3,(H,32,36)/t23-,24-/m0/s1. The Morgan fingerprint density at radius 3 is 2.26 bits per heavy atom. The Hall–Kier alpha value is -3.36. The summed E-state index contributed by atoms with van der Waals surface area (Å²) < 4.78 is 28.7. The zero-order chi connectivity index (χ0) is 28.7. The van der Waals surface area contributed by atoms with E-state index in [4.69, 9.17) is 11.6 Å². The van der Waals surface area contributed by atoms with E-state index in [9.17, 15) is 18.0 Å². The Morgan fingerprint density at radius 1 is 0.949 bits per heavy atom. The highest BCUT2D eigenvalue weighted by atomic mass is 35.5. The quantitative estimate of drug-likeness (QED) is 0.331. The van der Waals surface area contributed by atoms with Crippen molar-refractivity contribution in [3.8, 4) is 0 Å². The Labute approximate surface area is 236 Å². The average molecular weight is 570 g/mol. The fourth-order valence-corrected chi connectivity index (χ4v) is 5.64. The first-order valence-corrected chi connectivity index (χ1v) is 14.7. The van der Waals surface area contributed by atoms with Crippen molar-refractivity contribution < 1.29 is 18.0 Å². The number of carbonyl (C=O) groups excluding carboxylic acids is 2. The first-order valence-electron chi connectivity index (χ1n) is 12.9. The Morgan fingerprint density at radius 2 is 1.64 bits per heavy atom. The van der Waals surface area contributed by atoms with E-state index in [1.165, 1.54) is 23.1 Å². The minimum absolute atomic E-state index is 0.0438. The predicted molar refractivity (Wildman–Crippen MR) is 156 cm³/mol. The molecule has 9 heteroatoms. The van der Waals surface area contributed by atoms with Gasteiger partial charge in [0.25, 0.3) is 10.0 Å². The summed E-state index contributed by atoms with van der Waals surface area (Å²) in [6, 6.07) is 19.6. The van der Waals surface area contributed by atoms with Crippen LogP contribution in [0.4, 0.5) is 5.69 Å². The molecule has 0 saturated heterocycles. The summed E-state index contributed by atoms with van der Waals surface area (Å²) in [6.45, 7) is 8.91. The molecule has 0 radical (unpaired) electrons. The van der Waals surface area contributed by atoms with Gasteiger partial charge in [-0.3, -0.25) is 13.9 Å². The molecule has 2 amide bonds. The topological polar surface area (TPSA) is 86.8 Å². The predicted octanol–water partition coefficient (Wildman–Crippen LogP) is 5.48. The monoisotopic (exact) mass is 569 g/mol. The van der Waals surface area contributed by atoms with Gasteiger partial charge in [-0.2, -0.15) is 0 Å². The highest BCUT2D eigenvalue weighted by Gasteiger charge is 2.33. The minimum atomic E-state index is -4.13. The van der Waals surface area contributed by atoms with Crippen molar-refractivity contribution >= 4 is 39.1 Å². The summed E-state index contributed by atoms with van der Waals surface area (Å²) in [6.07, 6.45) is 0.738. The molecule has 208 valence electrons. The fourth-order valence-electron chi connectivity index (χ4n) is 4.04. The molecule has 3 aromatic carbocycles. The molecule has 0 heterocycles. The summed E-state index contributed by atoms with van der Waals surface area (Å²) in [5.74, 6) is -0.819. The maximum atomic E-state index is 14.0. The van der Waals surface area contributed by atoms with E-state index in [0.717, 1.165) is 27.4 Å². The largest absolute Gasteiger partial charge is 0.352 e. The second-order valence-corrected chi connectivity index (χ2v) is 12.0. The number of nitrogens with zero attached hydrogens (tertiary/aromatic N) is 2. The van der Waals surface area contributed by atoms with Crippen LogP contribution in [0.25, 0.3) is 0 Å². The molecule has 0 aliphatic rings. The summed E-state index contributed by atoms with van der Waals surface area (Å²) in [5.41, 5.74) is 2.89. The molecule has 0 fully saturated rings. The molecule has 3 rings (SSSR count). The van der Waals surface area contributed by atoms with Crippen molar-refractivity contribution in [1.29, 1.82) is 0 Å². The molecule has 7 nitrogen and oxygen atoms in total. The van der Waals surface area contributed by atoms with Crippen LogP contribution in [0, 0.1) is 13.8 Å². The molecule has 0 aliphatic carbocycles. The van der Waals surface area contributed by atoms with E-state index in [1.54, 1.807) is 37.3 Å².